The predicted octanol–water partition coefficient (Wildman–Crippen LogP) is 0.690. The molecular weight excluding hydrogens is 154 g/mol. The van der Waals surface area contributed by atoms with Gasteiger partial charge in [-0.15, -0.1) is 0 Å². The first-order chi connectivity index (χ1) is 5.79. The Hall–Kier alpha value is -0.570. The first-order valence-electron chi connectivity index (χ1n) is 4.62. The van der Waals surface area contributed by atoms with Crippen molar-refractivity contribution < 1.29 is 9.53 Å². The molecule has 0 aromatic heterocycles. The fraction of sp³-hybridized carbons (Fsp3) is 0.889. The highest BCUT2D eigenvalue weighted by Gasteiger charge is 2.39. The third-order valence-corrected chi connectivity index (χ3v) is 3.11. The molecule has 2 rings (SSSR count). The second-order valence-electron chi connectivity index (χ2n) is 3.82. The van der Waals surface area contributed by atoms with Crippen molar-refractivity contribution in [1.29, 1.82) is 0 Å². The van der Waals surface area contributed by atoms with Gasteiger partial charge in [0.25, 0.3) is 0 Å². The zero-order chi connectivity index (χ0) is 8.55. The van der Waals surface area contributed by atoms with Crippen molar-refractivity contribution in [3.05, 3.63) is 0 Å². The predicted molar refractivity (Wildman–Crippen MR) is 44.7 cm³/mol. The molecule has 3 nitrogen and oxygen atoms in total. The van der Waals surface area contributed by atoms with Crippen molar-refractivity contribution in [3.63, 3.8) is 0 Å². The van der Waals surface area contributed by atoms with Crippen LogP contribution in [-0.4, -0.2) is 25.2 Å². The number of nitrogens with one attached hydrogen (secondary N) is 1. The summed E-state index contributed by atoms with van der Waals surface area (Å²) in [5, 5.41) is 3.45. The van der Waals surface area contributed by atoms with Crippen molar-refractivity contribution >= 4 is 5.97 Å². The van der Waals surface area contributed by atoms with Crippen LogP contribution >= 0.6 is 0 Å². The van der Waals surface area contributed by atoms with E-state index >= 15 is 0 Å². The second-order valence-corrected chi connectivity index (χ2v) is 3.82. The number of hydrogen-bond acceptors (Lipinski definition) is 3. The molecule has 3 heteroatoms. The van der Waals surface area contributed by atoms with Crippen LogP contribution in [0.3, 0.4) is 0 Å². The average molecular weight is 169 g/mol. The lowest BCUT2D eigenvalue weighted by molar-refractivity contribution is -0.141. The van der Waals surface area contributed by atoms with Gasteiger partial charge in [-0.1, -0.05) is 0 Å². The number of piperidine rings is 1. The maximum absolute atomic E-state index is 11.0. The van der Waals surface area contributed by atoms with Crippen LogP contribution in [0.2, 0.25) is 0 Å². The molecule has 68 valence electrons. The molecule has 3 atom stereocenters. The highest BCUT2D eigenvalue weighted by Crippen LogP contribution is 2.36. The normalized spacial score (nSPS) is 38.6. The molecule has 0 radical (unpaired) electrons. The van der Waals surface area contributed by atoms with E-state index in [2.05, 4.69) is 10.1 Å². The van der Waals surface area contributed by atoms with E-state index in [1.54, 1.807) is 0 Å². The summed E-state index contributed by atoms with van der Waals surface area (Å²) in [7, 11) is 1.45. The van der Waals surface area contributed by atoms with Gasteiger partial charge in [0.15, 0.2) is 0 Å². The van der Waals surface area contributed by atoms with Gasteiger partial charge in [0.1, 0.15) is 0 Å². The third-order valence-electron chi connectivity index (χ3n) is 3.11. The van der Waals surface area contributed by atoms with E-state index < -0.39 is 0 Å². The number of hydrogen-bond donors (Lipinski definition) is 1. The molecule has 0 aromatic rings. The molecule has 2 fully saturated rings. The number of carbonyl (C=O) groups excluding carboxylic acids is 1. The van der Waals surface area contributed by atoms with Gasteiger partial charge >= 0.3 is 5.97 Å². The van der Waals surface area contributed by atoms with Gasteiger partial charge in [-0.2, -0.15) is 0 Å². The summed E-state index contributed by atoms with van der Waals surface area (Å²) in [6.07, 6.45) is 4.40. The van der Waals surface area contributed by atoms with Crippen LogP contribution in [0, 0.1) is 5.92 Å². The topological polar surface area (TPSA) is 38.3 Å². The Morgan fingerprint density at radius 3 is 2.92 bits per heavy atom. The summed E-state index contributed by atoms with van der Waals surface area (Å²) in [6.45, 7) is 0. The smallest absolute Gasteiger partial charge is 0.307 e. The molecule has 1 saturated heterocycles. The SMILES string of the molecule is COC(=O)CC1NC2CCC1C2. The molecule has 2 aliphatic rings. The standard InChI is InChI=1S/C9H15NO2/c1-12-9(11)5-8-6-2-3-7(4-6)10-8/h6-8,10H,2-5H2,1H3. The van der Waals surface area contributed by atoms with Gasteiger partial charge < -0.3 is 10.1 Å². The van der Waals surface area contributed by atoms with E-state index in [9.17, 15) is 4.79 Å². The lowest BCUT2D eigenvalue weighted by Gasteiger charge is -2.21. The Morgan fingerprint density at radius 1 is 1.58 bits per heavy atom. The zero-order valence-corrected chi connectivity index (χ0v) is 7.38. The van der Waals surface area contributed by atoms with Crippen LogP contribution in [0.1, 0.15) is 25.7 Å². The number of fused-ring (bicyclic) bond motifs is 2. The summed E-state index contributed by atoms with van der Waals surface area (Å²) < 4.78 is 4.64. The minimum Gasteiger partial charge on any atom is -0.469 e. The van der Waals surface area contributed by atoms with Crippen LogP contribution in [0.5, 0.6) is 0 Å². The molecule has 12 heavy (non-hydrogen) atoms. The fourth-order valence-electron chi connectivity index (χ4n) is 2.46. The Balaban J connectivity index is 1.86. The van der Waals surface area contributed by atoms with Gasteiger partial charge in [0.2, 0.25) is 0 Å². The fourth-order valence-corrected chi connectivity index (χ4v) is 2.46. The van der Waals surface area contributed by atoms with Gasteiger partial charge in [-0.05, 0) is 25.2 Å². The van der Waals surface area contributed by atoms with Crippen molar-refractivity contribution in [1.82, 2.24) is 5.32 Å². The van der Waals surface area contributed by atoms with E-state index in [0.717, 1.165) is 5.92 Å². The maximum atomic E-state index is 11.0. The Kier molecular flexibility index (Phi) is 2.05. The first kappa shape index (κ1) is 8.05. The quantitative estimate of drug-likeness (QED) is 0.618. The maximum Gasteiger partial charge on any atom is 0.307 e. The summed E-state index contributed by atoms with van der Waals surface area (Å²) >= 11 is 0. The van der Waals surface area contributed by atoms with E-state index in [4.69, 9.17) is 0 Å². The lowest BCUT2D eigenvalue weighted by Crippen LogP contribution is -2.37. The number of carbonyl (C=O) groups is 1. The number of rotatable bonds is 2. The summed E-state index contributed by atoms with van der Waals surface area (Å²) in [5.74, 6) is 0.647. The lowest BCUT2D eigenvalue weighted by atomic mass is 9.97. The van der Waals surface area contributed by atoms with Crippen LogP contribution in [0.15, 0.2) is 0 Å². The molecule has 1 aliphatic heterocycles. The Bertz CT molecular complexity index is 193. The first-order valence-corrected chi connectivity index (χ1v) is 4.62. The monoisotopic (exact) mass is 169 g/mol. The summed E-state index contributed by atoms with van der Waals surface area (Å²) in [6, 6.07) is 1.08. The van der Waals surface area contributed by atoms with Gasteiger partial charge in [0, 0.05) is 12.1 Å². The van der Waals surface area contributed by atoms with Gasteiger partial charge in [0.05, 0.1) is 13.5 Å². The van der Waals surface area contributed by atoms with Crippen LogP contribution in [-0.2, 0) is 9.53 Å². The van der Waals surface area contributed by atoms with Crippen LogP contribution in [0.25, 0.3) is 0 Å². The van der Waals surface area contributed by atoms with E-state index in [1.807, 2.05) is 0 Å². The molecule has 0 aromatic carbocycles. The van der Waals surface area contributed by atoms with E-state index in [-0.39, 0.29) is 5.97 Å². The highest BCUT2D eigenvalue weighted by atomic mass is 16.5. The van der Waals surface area contributed by atoms with Crippen molar-refractivity contribution in [2.75, 3.05) is 7.11 Å². The van der Waals surface area contributed by atoms with Crippen LogP contribution < -0.4 is 5.32 Å². The van der Waals surface area contributed by atoms with Crippen molar-refractivity contribution in [2.45, 2.75) is 37.8 Å². The summed E-state index contributed by atoms with van der Waals surface area (Å²) in [4.78, 5) is 11.0. The number of methoxy groups -OCH3 is 1. The molecule has 1 heterocycles. The third kappa shape index (κ3) is 1.33. The zero-order valence-electron chi connectivity index (χ0n) is 7.38. The number of esters is 1. The highest BCUT2D eigenvalue weighted by molar-refractivity contribution is 5.70. The minimum atomic E-state index is -0.0833. The molecule has 1 aliphatic carbocycles. The van der Waals surface area contributed by atoms with Crippen molar-refractivity contribution in [2.24, 2.45) is 5.92 Å². The number of ether oxygens (including phenoxy) is 1. The minimum absolute atomic E-state index is 0.0833. The Labute approximate surface area is 72.5 Å². The molecule has 0 spiro atoms. The molecule has 0 amide bonds. The second kappa shape index (κ2) is 3.05. The van der Waals surface area contributed by atoms with E-state index in [0.29, 0.717) is 18.5 Å². The molecule has 1 N–H and O–H groups in total. The Morgan fingerprint density at radius 2 is 2.42 bits per heavy atom. The molecular formula is C9H15NO2. The van der Waals surface area contributed by atoms with Gasteiger partial charge in [-0.3, -0.25) is 4.79 Å². The van der Waals surface area contributed by atoms with Crippen molar-refractivity contribution in [3.8, 4) is 0 Å². The molecule has 2 bridgehead atoms. The summed E-state index contributed by atoms with van der Waals surface area (Å²) in [5.41, 5.74) is 0. The van der Waals surface area contributed by atoms with E-state index in [1.165, 1.54) is 26.4 Å². The molecule has 1 saturated carbocycles. The average Bonchev–Trinajstić information content (AvgIpc) is 2.64. The van der Waals surface area contributed by atoms with Crippen LogP contribution in [0.4, 0.5) is 0 Å². The van der Waals surface area contributed by atoms with Gasteiger partial charge in [-0.25, -0.2) is 0 Å². The molecule has 3 unspecified atom stereocenters. The largest absolute Gasteiger partial charge is 0.469 e.